The second-order valence-electron chi connectivity index (χ2n) is 6.86. The fourth-order valence-electron chi connectivity index (χ4n) is 3.91. The maximum absolute atomic E-state index is 6.27. The topological polar surface area (TPSA) is 9.23 Å². The highest BCUT2D eigenvalue weighted by Crippen LogP contribution is 2.40. The monoisotopic (exact) mass is 326 g/mol. The predicted molar refractivity (Wildman–Crippen MR) is 102 cm³/mol. The fourth-order valence-corrected chi connectivity index (χ4v) is 6.11. The number of ether oxygens (including phenoxy) is 1. The first kappa shape index (κ1) is 15.3. The zero-order valence-corrected chi connectivity index (χ0v) is 14.6. The van der Waals surface area contributed by atoms with Crippen LogP contribution in [-0.4, -0.2) is 17.7 Å². The Kier molecular flexibility index (Phi) is 4.70. The van der Waals surface area contributed by atoms with Crippen LogP contribution in [0.5, 0.6) is 5.75 Å². The Morgan fingerprint density at radius 1 is 0.913 bits per heavy atom. The summed E-state index contributed by atoms with van der Waals surface area (Å²) in [6.07, 6.45) is 9.48. The normalized spacial score (nSPS) is 22.2. The zero-order valence-electron chi connectivity index (χ0n) is 13.8. The molecule has 0 bridgehead atoms. The summed E-state index contributed by atoms with van der Waals surface area (Å²) < 4.78 is 6.27. The smallest absolute Gasteiger partial charge is 0.127 e. The van der Waals surface area contributed by atoms with Gasteiger partial charge in [-0.3, -0.25) is 0 Å². The third kappa shape index (κ3) is 3.33. The highest BCUT2D eigenvalue weighted by Gasteiger charge is 2.16. The minimum absolute atomic E-state index is 0.338. The number of benzene rings is 2. The molecule has 0 aromatic heterocycles. The maximum Gasteiger partial charge on any atom is 0.127 e. The minimum Gasteiger partial charge on any atom is -0.493 e. The molecule has 2 aliphatic rings. The molecule has 1 saturated carbocycles. The lowest BCUT2D eigenvalue weighted by atomic mass is 9.90. The van der Waals surface area contributed by atoms with Crippen molar-refractivity contribution in [3.8, 4) is 5.75 Å². The Bertz CT molecular complexity index is 713. The summed E-state index contributed by atoms with van der Waals surface area (Å²) in [5.41, 5.74) is 0. The van der Waals surface area contributed by atoms with E-state index in [1.165, 1.54) is 66.4 Å². The van der Waals surface area contributed by atoms with E-state index in [4.69, 9.17) is 4.74 Å². The molecule has 2 aromatic rings. The Labute approximate surface area is 142 Å². The predicted octanol–water partition coefficient (Wildman–Crippen LogP) is 6.02. The van der Waals surface area contributed by atoms with Crippen LogP contribution in [0.3, 0.4) is 0 Å². The Morgan fingerprint density at radius 3 is 2.52 bits per heavy atom. The standard InChI is InChI=1S/C21H26OS/c1-2-8-17(9-3-1)16-22-20-12-13-21(23-14-6-7-15-23)19-11-5-4-10-18(19)20/h4-5,10-14,17H,1-3,6-9,15-16H2. The Hall–Kier alpha value is -1.28. The van der Waals surface area contributed by atoms with E-state index in [1.807, 2.05) is 0 Å². The third-order valence-electron chi connectivity index (χ3n) is 5.21. The lowest BCUT2D eigenvalue weighted by molar-refractivity contribution is 0.210. The van der Waals surface area contributed by atoms with E-state index in [2.05, 4.69) is 41.8 Å². The van der Waals surface area contributed by atoms with Crippen molar-refractivity contribution < 1.29 is 4.74 Å². The molecule has 122 valence electrons. The molecule has 23 heavy (non-hydrogen) atoms. The van der Waals surface area contributed by atoms with Crippen LogP contribution >= 0.6 is 10.5 Å². The summed E-state index contributed by atoms with van der Waals surface area (Å²) in [6.45, 7) is 0.890. The van der Waals surface area contributed by atoms with Gasteiger partial charge in [-0.2, -0.15) is 10.5 Å². The van der Waals surface area contributed by atoms with Crippen molar-refractivity contribution in [1.29, 1.82) is 0 Å². The first-order valence-corrected chi connectivity index (χ1v) is 10.5. The van der Waals surface area contributed by atoms with Crippen molar-refractivity contribution in [2.45, 2.75) is 49.8 Å². The molecule has 0 N–H and O–H groups in total. The van der Waals surface area contributed by atoms with E-state index in [9.17, 15) is 0 Å². The van der Waals surface area contributed by atoms with Crippen molar-refractivity contribution in [1.82, 2.24) is 0 Å². The van der Waals surface area contributed by atoms with E-state index in [0.717, 1.165) is 18.3 Å². The van der Waals surface area contributed by atoms with Crippen LogP contribution < -0.4 is 4.74 Å². The van der Waals surface area contributed by atoms with Gasteiger partial charge in [0.05, 0.1) is 6.61 Å². The molecule has 1 fully saturated rings. The van der Waals surface area contributed by atoms with Crippen molar-refractivity contribution in [2.75, 3.05) is 12.4 Å². The van der Waals surface area contributed by atoms with E-state index < -0.39 is 0 Å². The molecule has 1 aliphatic carbocycles. The molecule has 4 rings (SSSR count). The van der Waals surface area contributed by atoms with Gasteiger partial charge in [0.25, 0.3) is 0 Å². The average molecular weight is 327 g/mol. The lowest BCUT2D eigenvalue weighted by Gasteiger charge is -2.22. The van der Waals surface area contributed by atoms with Gasteiger partial charge in [0.15, 0.2) is 0 Å². The van der Waals surface area contributed by atoms with Gasteiger partial charge in [0.1, 0.15) is 5.75 Å². The lowest BCUT2D eigenvalue weighted by Crippen LogP contribution is -2.15. The number of rotatable bonds is 4. The number of hydrogen-bond acceptors (Lipinski definition) is 1. The molecule has 1 heterocycles. The molecule has 0 saturated heterocycles. The summed E-state index contributed by atoms with van der Waals surface area (Å²) >= 11 is 0. The van der Waals surface area contributed by atoms with Crippen molar-refractivity contribution in [3.63, 3.8) is 0 Å². The molecular weight excluding hydrogens is 300 g/mol. The molecule has 2 aromatic carbocycles. The molecule has 1 nitrogen and oxygen atoms in total. The van der Waals surface area contributed by atoms with E-state index >= 15 is 0 Å². The third-order valence-corrected chi connectivity index (χ3v) is 7.50. The van der Waals surface area contributed by atoms with Gasteiger partial charge in [-0.05, 0) is 54.9 Å². The Balaban J connectivity index is 1.61. The largest absolute Gasteiger partial charge is 0.493 e. The van der Waals surface area contributed by atoms with Crippen molar-refractivity contribution in [3.05, 3.63) is 36.4 Å². The molecule has 0 radical (unpaired) electrons. The fraction of sp³-hybridized carbons (Fsp3) is 0.476. The minimum atomic E-state index is 0.338. The van der Waals surface area contributed by atoms with Crippen LogP contribution in [-0.2, 0) is 0 Å². The Morgan fingerprint density at radius 2 is 1.74 bits per heavy atom. The van der Waals surface area contributed by atoms with Crippen LogP contribution in [0, 0.1) is 5.92 Å². The van der Waals surface area contributed by atoms with Gasteiger partial charge in [-0.25, -0.2) is 0 Å². The quantitative estimate of drug-likeness (QED) is 0.624. The van der Waals surface area contributed by atoms with Gasteiger partial charge in [-0.1, -0.05) is 48.9 Å². The molecule has 1 unspecified atom stereocenters. The van der Waals surface area contributed by atoms with Crippen LogP contribution in [0.4, 0.5) is 0 Å². The van der Waals surface area contributed by atoms with Gasteiger partial charge < -0.3 is 4.74 Å². The van der Waals surface area contributed by atoms with Crippen LogP contribution in [0.15, 0.2) is 41.3 Å². The first-order valence-electron chi connectivity index (χ1n) is 9.09. The molecule has 1 aliphatic heterocycles. The van der Waals surface area contributed by atoms with Crippen molar-refractivity contribution in [2.24, 2.45) is 5.92 Å². The second kappa shape index (κ2) is 7.09. The molecular formula is C21H26OS. The van der Waals surface area contributed by atoms with Crippen LogP contribution in [0.1, 0.15) is 44.9 Å². The molecule has 0 amide bonds. The van der Waals surface area contributed by atoms with E-state index in [0.29, 0.717) is 10.5 Å². The van der Waals surface area contributed by atoms with Gasteiger partial charge >= 0.3 is 0 Å². The summed E-state index contributed by atoms with van der Waals surface area (Å²) in [6, 6.07) is 13.4. The first-order chi connectivity index (χ1) is 11.4. The van der Waals surface area contributed by atoms with Gasteiger partial charge in [0, 0.05) is 10.3 Å². The van der Waals surface area contributed by atoms with Gasteiger partial charge in [0.2, 0.25) is 0 Å². The van der Waals surface area contributed by atoms with Crippen molar-refractivity contribution >= 4 is 26.6 Å². The zero-order chi connectivity index (χ0) is 15.5. The summed E-state index contributed by atoms with van der Waals surface area (Å²) in [5.74, 6) is 3.16. The van der Waals surface area contributed by atoms with Crippen LogP contribution in [0.2, 0.25) is 0 Å². The summed E-state index contributed by atoms with van der Waals surface area (Å²) in [5, 5.41) is 5.22. The number of hydrogen-bond donors (Lipinski definition) is 0. The average Bonchev–Trinajstić information content (AvgIpc) is 3.15. The van der Waals surface area contributed by atoms with E-state index in [-0.39, 0.29) is 0 Å². The highest BCUT2D eigenvalue weighted by atomic mass is 32.2. The molecule has 1 atom stereocenters. The molecule has 2 heteroatoms. The summed E-state index contributed by atoms with van der Waals surface area (Å²) in [7, 11) is 0.338. The highest BCUT2D eigenvalue weighted by molar-refractivity contribution is 8.15. The summed E-state index contributed by atoms with van der Waals surface area (Å²) in [4.78, 5) is 1.52. The second-order valence-corrected chi connectivity index (χ2v) is 8.90. The molecule has 0 spiro atoms. The van der Waals surface area contributed by atoms with E-state index in [1.54, 1.807) is 0 Å². The number of fused-ring (bicyclic) bond motifs is 1. The van der Waals surface area contributed by atoms with Crippen LogP contribution in [0.25, 0.3) is 10.8 Å². The van der Waals surface area contributed by atoms with Gasteiger partial charge in [-0.15, -0.1) is 0 Å². The SMILES string of the molecule is C1=S(c2ccc(OCC3CCCCC3)c3ccccc23)CCC1. The maximum atomic E-state index is 6.27.